The molecule has 116 valence electrons. The van der Waals surface area contributed by atoms with Gasteiger partial charge >= 0.3 is 0 Å². The second-order valence-corrected chi connectivity index (χ2v) is 5.90. The molecule has 1 aliphatic rings. The molecule has 0 atom stereocenters. The first kappa shape index (κ1) is 14.8. The Balaban J connectivity index is 1.60. The average molecular weight is 297 g/mol. The maximum Gasteiger partial charge on any atom is 0.226 e. The van der Waals surface area contributed by atoms with Crippen LogP contribution < -0.4 is 10.1 Å². The number of ether oxygens (including phenoxy) is 1. The maximum atomic E-state index is 5.75. The van der Waals surface area contributed by atoms with Crippen molar-refractivity contribution >= 4 is 5.95 Å². The second-order valence-electron chi connectivity index (χ2n) is 5.90. The highest BCUT2D eigenvalue weighted by Gasteiger charge is 2.20. The van der Waals surface area contributed by atoms with Crippen LogP contribution in [0.2, 0.25) is 0 Å². The van der Waals surface area contributed by atoms with Crippen molar-refractivity contribution in [2.75, 3.05) is 5.32 Å². The standard InChI is InChI=1S/C18H23N3O/c1-2-14-8-10-15(11-9-14)20-18-19-13-12-17(21-18)22-16-6-4-3-5-7-16/h3-7,12-15H,2,8-11H2,1H3,(H,19,20,21). The summed E-state index contributed by atoms with van der Waals surface area (Å²) < 4.78 is 5.75. The quantitative estimate of drug-likeness (QED) is 0.872. The molecule has 4 heteroatoms. The third-order valence-corrected chi connectivity index (χ3v) is 4.35. The van der Waals surface area contributed by atoms with Crippen LogP contribution in [-0.4, -0.2) is 16.0 Å². The van der Waals surface area contributed by atoms with Gasteiger partial charge in [-0.3, -0.25) is 0 Å². The van der Waals surface area contributed by atoms with E-state index in [0.29, 0.717) is 17.9 Å². The van der Waals surface area contributed by atoms with Crippen LogP contribution in [0.4, 0.5) is 5.95 Å². The van der Waals surface area contributed by atoms with E-state index in [4.69, 9.17) is 4.74 Å². The summed E-state index contributed by atoms with van der Waals surface area (Å²) in [7, 11) is 0. The van der Waals surface area contributed by atoms with E-state index in [1.165, 1.54) is 32.1 Å². The molecule has 0 spiro atoms. The van der Waals surface area contributed by atoms with Crippen molar-refractivity contribution in [1.82, 2.24) is 9.97 Å². The van der Waals surface area contributed by atoms with Crippen molar-refractivity contribution in [2.45, 2.75) is 45.1 Å². The van der Waals surface area contributed by atoms with E-state index in [1.807, 2.05) is 30.3 Å². The second kappa shape index (κ2) is 7.25. The largest absolute Gasteiger partial charge is 0.439 e. The lowest BCUT2D eigenvalue weighted by Gasteiger charge is -2.28. The van der Waals surface area contributed by atoms with Gasteiger partial charge in [0.25, 0.3) is 0 Å². The van der Waals surface area contributed by atoms with Gasteiger partial charge in [0.15, 0.2) is 0 Å². The molecule has 0 bridgehead atoms. The Hall–Kier alpha value is -2.10. The molecule has 1 aliphatic carbocycles. The molecule has 0 aliphatic heterocycles. The summed E-state index contributed by atoms with van der Waals surface area (Å²) in [5, 5.41) is 3.45. The van der Waals surface area contributed by atoms with Gasteiger partial charge in [-0.25, -0.2) is 4.98 Å². The minimum absolute atomic E-state index is 0.481. The molecule has 0 amide bonds. The van der Waals surface area contributed by atoms with Crippen molar-refractivity contribution in [3.8, 4) is 11.6 Å². The molecule has 1 fully saturated rings. The third-order valence-electron chi connectivity index (χ3n) is 4.35. The van der Waals surface area contributed by atoms with Gasteiger partial charge in [0.1, 0.15) is 5.75 Å². The lowest BCUT2D eigenvalue weighted by Crippen LogP contribution is -2.26. The minimum Gasteiger partial charge on any atom is -0.439 e. The summed E-state index contributed by atoms with van der Waals surface area (Å²) >= 11 is 0. The molecule has 4 nitrogen and oxygen atoms in total. The van der Waals surface area contributed by atoms with Gasteiger partial charge in [0, 0.05) is 18.3 Å². The molecule has 1 N–H and O–H groups in total. The number of hydrogen-bond donors (Lipinski definition) is 1. The molecule has 1 aromatic heterocycles. The molecule has 2 aromatic rings. The van der Waals surface area contributed by atoms with E-state index in [2.05, 4.69) is 22.2 Å². The number of nitrogens with zero attached hydrogens (tertiary/aromatic N) is 2. The van der Waals surface area contributed by atoms with E-state index in [9.17, 15) is 0 Å². The zero-order valence-electron chi connectivity index (χ0n) is 13.0. The summed E-state index contributed by atoms with van der Waals surface area (Å²) in [5.74, 6) is 2.92. The van der Waals surface area contributed by atoms with Gasteiger partial charge in [0.2, 0.25) is 11.8 Å². The van der Waals surface area contributed by atoms with Gasteiger partial charge in [-0.05, 0) is 43.7 Å². The van der Waals surface area contributed by atoms with E-state index in [-0.39, 0.29) is 0 Å². The van der Waals surface area contributed by atoms with Gasteiger partial charge in [-0.15, -0.1) is 0 Å². The fraction of sp³-hybridized carbons (Fsp3) is 0.444. The first-order valence-corrected chi connectivity index (χ1v) is 8.16. The van der Waals surface area contributed by atoms with Gasteiger partial charge < -0.3 is 10.1 Å². The molecule has 22 heavy (non-hydrogen) atoms. The van der Waals surface area contributed by atoms with Crippen molar-refractivity contribution in [3.63, 3.8) is 0 Å². The molecule has 0 saturated heterocycles. The predicted octanol–water partition coefficient (Wildman–Crippen LogP) is 4.65. The molecule has 1 aromatic carbocycles. The minimum atomic E-state index is 0.481. The summed E-state index contributed by atoms with van der Waals surface area (Å²) in [6, 6.07) is 12.0. The van der Waals surface area contributed by atoms with E-state index in [1.54, 1.807) is 12.3 Å². The lowest BCUT2D eigenvalue weighted by atomic mass is 9.85. The number of para-hydroxylation sites is 1. The summed E-state index contributed by atoms with van der Waals surface area (Å²) in [6.45, 7) is 2.28. The van der Waals surface area contributed by atoms with Crippen LogP contribution in [0.25, 0.3) is 0 Å². The lowest BCUT2D eigenvalue weighted by molar-refractivity contribution is 0.329. The Kier molecular flexibility index (Phi) is 4.88. The van der Waals surface area contributed by atoms with Crippen LogP contribution in [0, 0.1) is 5.92 Å². The monoisotopic (exact) mass is 297 g/mol. The molecule has 1 saturated carbocycles. The van der Waals surface area contributed by atoms with Crippen LogP contribution in [0.3, 0.4) is 0 Å². The molecular weight excluding hydrogens is 274 g/mol. The number of hydrogen-bond acceptors (Lipinski definition) is 4. The Labute approximate surface area is 132 Å². The smallest absolute Gasteiger partial charge is 0.226 e. The topological polar surface area (TPSA) is 47.0 Å². The highest BCUT2D eigenvalue weighted by Crippen LogP contribution is 2.28. The highest BCUT2D eigenvalue weighted by molar-refractivity contribution is 5.32. The molecule has 0 unspecified atom stereocenters. The fourth-order valence-electron chi connectivity index (χ4n) is 2.98. The number of benzene rings is 1. The molecule has 3 rings (SSSR count). The Bertz CT molecular complexity index is 580. The van der Waals surface area contributed by atoms with Crippen molar-refractivity contribution in [1.29, 1.82) is 0 Å². The third kappa shape index (κ3) is 3.97. The maximum absolute atomic E-state index is 5.75. The van der Waals surface area contributed by atoms with Crippen molar-refractivity contribution < 1.29 is 4.74 Å². The number of anilines is 1. The van der Waals surface area contributed by atoms with E-state index < -0.39 is 0 Å². The Morgan fingerprint density at radius 3 is 2.59 bits per heavy atom. The van der Waals surface area contributed by atoms with Crippen molar-refractivity contribution in [2.24, 2.45) is 5.92 Å². The van der Waals surface area contributed by atoms with E-state index >= 15 is 0 Å². The number of aromatic nitrogens is 2. The summed E-state index contributed by atoms with van der Waals surface area (Å²) in [5.41, 5.74) is 0. The zero-order valence-corrected chi connectivity index (χ0v) is 13.0. The summed E-state index contributed by atoms with van der Waals surface area (Å²) in [6.07, 6.45) is 8.04. The molecular formula is C18H23N3O. The fourth-order valence-corrected chi connectivity index (χ4v) is 2.98. The van der Waals surface area contributed by atoms with Crippen LogP contribution >= 0.6 is 0 Å². The average Bonchev–Trinajstić information content (AvgIpc) is 2.57. The molecule has 0 radical (unpaired) electrons. The van der Waals surface area contributed by atoms with E-state index in [0.717, 1.165) is 11.7 Å². The van der Waals surface area contributed by atoms with Crippen molar-refractivity contribution in [3.05, 3.63) is 42.6 Å². The van der Waals surface area contributed by atoms with Crippen LogP contribution in [0.5, 0.6) is 11.6 Å². The SMILES string of the molecule is CCC1CCC(Nc2nccc(Oc3ccccc3)n2)CC1. The first-order valence-electron chi connectivity index (χ1n) is 8.16. The molecule has 1 heterocycles. The van der Waals surface area contributed by atoms with Gasteiger partial charge in [-0.1, -0.05) is 31.5 Å². The first-order chi connectivity index (χ1) is 10.8. The Morgan fingerprint density at radius 2 is 1.86 bits per heavy atom. The van der Waals surface area contributed by atoms with Crippen LogP contribution in [0.1, 0.15) is 39.0 Å². The van der Waals surface area contributed by atoms with Crippen LogP contribution in [-0.2, 0) is 0 Å². The number of nitrogens with one attached hydrogen (secondary N) is 1. The Morgan fingerprint density at radius 1 is 1.09 bits per heavy atom. The van der Waals surface area contributed by atoms with Gasteiger partial charge in [-0.2, -0.15) is 4.98 Å². The van der Waals surface area contributed by atoms with Gasteiger partial charge in [0.05, 0.1) is 0 Å². The predicted molar refractivity (Wildman–Crippen MR) is 88.2 cm³/mol. The normalized spacial score (nSPS) is 21.3. The zero-order chi connectivity index (χ0) is 15.2. The highest BCUT2D eigenvalue weighted by atomic mass is 16.5. The van der Waals surface area contributed by atoms with Crippen LogP contribution in [0.15, 0.2) is 42.6 Å². The number of rotatable bonds is 5. The summed E-state index contributed by atoms with van der Waals surface area (Å²) in [4.78, 5) is 8.77.